The van der Waals surface area contributed by atoms with Crippen molar-refractivity contribution in [2.24, 2.45) is 0 Å². The number of hydrogen-bond donors (Lipinski definition) is 1. The predicted octanol–water partition coefficient (Wildman–Crippen LogP) is 1.79. The molecule has 1 aliphatic carbocycles. The zero-order valence-electron chi connectivity index (χ0n) is 8.01. The second-order valence-corrected chi connectivity index (χ2v) is 4.25. The first kappa shape index (κ1) is 7.42. The van der Waals surface area contributed by atoms with Crippen molar-refractivity contribution in [2.45, 2.75) is 44.7 Å². The van der Waals surface area contributed by atoms with Crippen LogP contribution in [0.25, 0.3) is 0 Å². The quantitative estimate of drug-likeness (QED) is 0.708. The summed E-state index contributed by atoms with van der Waals surface area (Å²) in [6, 6.07) is 2.19. The maximum absolute atomic E-state index is 4.52. The van der Waals surface area contributed by atoms with Gasteiger partial charge >= 0.3 is 0 Å². The van der Waals surface area contributed by atoms with E-state index in [0.717, 1.165) is 13.0 Å². The van der Waals surface area contributed by atoms with Gasteiger partial charge in [-0.25, -0.2) is 4.68 Å². The Morgan fingerprint density at radius 3 is 3.08 bits per heavy atom. The average Bonchev–Trinajstić information content (AvgIpc) is 2.77. The van der Waals surface area contributed by atoms with Gasteiger partial charge in [0.25, 0.3) is 0 Å². The molecule has 1 fully saturated rings. The van der Waals surface area contributed by atoms with E-state index in [4.69, 9.17) is 0 Å². The van der Waals surface area contributed by atoms with Gasteiger partial charge in [0.05, 0.1) is 5.69 Å². The summed E-state index contributed by atoms with van der Waals surface area (Å²) in [6.45, 7) is 3.25. The number of aromatic nitrogens is 2. The average molecular weight is 177 g/mol. The summed E-state index contributed by atoms with van der Waals surface area (Å²) in [5.74, 6) is 1.24. The first-order valence-corrected chi connectivity index (χ1v) is 5.16. The van der Waals surface area contributed by atoms with Crippen LogP contribution < -0.4 is 5.32 Å². The molecule has 0 aromatic carbocycles. The summed E-state index contributed by atoms with van der Waals surface area (Å²) >= 11 is 0. The van der Waals surface area contributed by atoms with Gasteiger partial charge in [-0.05, 0) is 25.7 Å². The minimum atomic E-state index is 0.473. The third kappa shape index (κ3) is 1.06. The van der Waals surface area contributed by atoms with Crippen LogP contribution in [0.5, 0.6) is 0 Å². The molecule has 13 heavy (non-hydrogen) atoms. The van der Waals surface area contributed by atoms with E-state index in [1.165, 1.54) is 30.8 Å². The lowest BCUT2D eigenvalue weighted by Crippen LogP contribution is -2.30. The standard InChI is InChI=1S/C10H15N3/c1-2-8-7-9-11-10(3-4-10)5-6-13(9)12-8/h7,11H,2-6H2,1H3. The van der Waals surface area contributed by atoms with Crippen molar-refractivity contribution in [3.63, 3.8) is 0 Å². The monoisotopic (exact) mass is 177 g/mol. The normalized spacial score (nSPS) is 22.5. The smallest absolute Gasteiger partial charge is 0.124 e. The largest absolute Gasteiger partial charge is 0.365 e. The fourth-order valence-corrected chi connectivity index (χ4v) is 2.09. The molecule has 0 unspecified atom stereocenters. The number of aryl methyl sites for hydroxylation is 2. The van der Waals surface area contributed by atoms with Crippen LogP contribution in [0.4, 0.5) is 5.82 Å². The number of fused-ring (bicyclic) bond motifs is 1. The fraction of sp³-hybridized carbons (Fsp3) is 0.700. The van der Waals surface area contributed by atoms with Crippen LogP contribution in [-0.2, 0) is 13.0 Å². The van der Waals surface area contributed by atoms with E-state index in [2.05, 4.69) is 28.1 Å². The molecule has 1 N–H and O–H groups in total. The maximum atomic E-state index is 4.52. The Bertz CT molecular complexity index is 336. The first-order chi connectivity index (χ1) is 6.31. The number of hydrogen-bond acceptors (Lipinski definition) is 2. The van der Waals surface area contributed by atoms with Crippen molar-refractivity contribution < 1.29 is 0 Å². The Labute approximate surface area is 78.1 Å². The Morgan fingerprint density at radius 2 is 2.38 bits per heavy atom. The van der Waals surface area contributed by atoms with Crippen molar-refractivity contribution in [1.29, 1.82) is 0 Å². The molecule has 2 heterocycles. The van der Waals surface area contributed by atoms with E-state index in [0.29, 0.717) is 5.54 Å². The van der Waals surface area contributed by atoms with Gasteiger partial charge < -0.3 is 5.32 Å². The lowest BCUT2D eigenvalue weighted by atomic mass is 10.1. The third-order valence-corrected chi connectivity index (χ3v) is 3.24. The highest BCUT2D eigenvalue weighted by molar-refractivity contribution is 5.44. The maximum Gasteiger partial charge on any atom is 0.124 e. The molecule has 3 rings (SSSR count). The molecule has 1 spiro atoms. The van der Waals surface area contributed by atoms with E-state index in [9.17, 15) is 0 Å². The Hall–Kier alpha value is -0.990. The van der Waals surface area contributed by atoms with Crippen LogP contribution >= 0.6 is 0 Å². The molecule has 0 bridgehead atoms. The summed E-state index contributed by atoms with van der Waals surface area (Å²) in [5, 5.41) is 8.12. The van der Waals surface area contributed by atoms with Crippen LogP contribution in [0, 0.1) is 0 Å². The molecule has 1 aliphatic heterocycles. The van der Waals surface area contributed by atoms with Gasteiger partial charge in [0, 0.05) is 18.2 Å². The zero-order valence-corrected chi connectivity index (χ0v) is 8.01. The summed E-state index contributed by atoms with van der Waals surface area (Å²) in [6.07, 6.45) is 4.98. The Balaban J connectivity index is 1.94. The minimum Gasteiger partial charge on any atom is -0.365 e. The van der Waals surface area contributed by atoms with Crippen molar-refractivity contribution in [3.05, 3.63) is 11.8 Å². The third-order valence-electron chi connectivity index (χ3n) is 3.24. The highest BCUT2D eigenvalue weighted by Crippen LogP contribution is 2.44. The molecule has 0 atom stereocenters. The van der Waals surface area contributed by atoms with Crippen LogP contribution in [0.2, 0.25) is 0 Å². The second kappa shape index (κ2) is 2.28. The van der Waals surface area contributed by atoms with Crippen LogP contribution in [0.3, 0.4) is 0 Å². The summed E-state index contributed by atoms with van der Waals surface area (Å²) in [5.41, 5.74) is 1.68. The molecule has 3 heteroatoms. The van der Waals surface area contributed by atoms with E-state index in [-0.39, 0.29) is 0 Å². The summed E-state index contributed by atoms with van der Waals surface area (Å²) in [7, 11) is 0. The number of nitrogens with zero attached hydrogens (tertiary/aromatic N) is 2. The number of nitrogens with one attached hydrogen (secondary N) is 1. The van der Waals surface area contributed by atoms with Crippen molar-refractivity contribution >= 4 is 5.82 Å². The summed E-state index contributed by atoms with van der Waals surface area (Å²) in [4.78, 5) is 0. The van der Waals surface area contributed by atoms with Crippen molar-refractivity contribution in [2.75, 3.05) is 5.32 Å². The van der Waals surface area contributed by atoms with Crippen molar-refractivity contribution in [3.8, 4) is 0 Å². The van der Waals surface area contributed by atoms with Crippen molar-refractivity contribution in [1.82, 2.24) is 9.78 Å². The predicted molar refractivity (Wildman–Crippen MR) is 51.8 cm³/mol. The van der Waals surface area contributed by atoms with E-state index in [1.807, 2.05) is 0 Å². The molecule has 3 nitrogen and oxygen atoms in total. The minimum absolute atomic E-state index is 0.473. The molecule has 1 saturated carbocycles. The lowest BCUT2D eigenvalue weighted by molar-refractivity contribution is 0.482. The van der Waals surface area contributed by atoms with Gasteiger partial charge in [0.2, 0.25) is 0 Å². The Morgan fingerprint density at radius 1 is 1.54 bits per heavy atom. The number of anilines is 1. The molecular formula is C10H15N3. The highest BCUT2D eigenvalue weighted by atomic mass is 15.4. The fourth-order valence-electron chi connectivity index (χ4n) is 2.09. The topological polar surface area (TPSA) is 29.9 Å². The molecule has 0 radical (unpaired) electrons. The second-order valence-electron chi connectivity index (χ2n) is 4.25. The molecule has 1 aromatic rings. The molecule has 0 amide bonds. The van der Waals surface area contributed by atoms with Crippen LogP contribution in [0.15, 0.2) is 6.07 Å². The van der Waals surface area contributed by atoms with Gasteiger partial charge in [-0.1, -0.05) is 6.92 Å². The highest BCUT2D eigenvalue weighted by Gasteiger charge is 2.44. The first-order valence-electron chi connectivity index (χ1n) is 5.16. The SMILES string of the molecule is CCc1cc2n(n1)CCC1(CC1)N2. The van der Waals surface area contributed by atoms with E-state index >= 15 is 0 Å². The zero-order chi connectivity index (χ0) is 8.89. The van der Waals surface area contributed by atoms with Gasteiger partial charge in [0.15, 0.2) is 0 Å². The molecular weight excluding hydrogens is 162 g/mol. The van der Waals surface area contributed by atoms with Crippen LogP contribution in [0.1, 0.15) is 31.9 Å². The van der Waals surface area contributed by atoms with E-state index < -0.39 is 0 Å². The number of rotatable bonds is 1. The lowest BCUT2D eigenvalue weighted by Gasteiger charge is -2.24. The van der Waals surface area contributed by atoms with Gasteiger partial charge in [-0.2, -0.15) is 5.10 Å². The summed E-state index contributed by atoms with van der Waals surface area (Å²) < 4.78 is 2.11. The molecule has 2 aliphatic rings. The molecule has 70 valence electrons. The van der Waals surface area contributed by atoms with Crippen LogP contribution in [-0.4, -0.2) is 15.3 Å². The molecule has 0 saturated heterocycles. The molecule has 1 aromatic heterocycles. The van der Waals surface area contributed by atoms with E-state index in [1.54, 1.807) is 0 Å². The van der Waals surface area contributed by atoms with Gasteiger partial charge in [-0.3, -0.25) is 0 Å². The van der Waals surface area contributed by atoms with Gasteiger partial charge in [-0.15, -0.1) is 0 Å². The van der Waals surface area contributed by atoms with Gasteiger partial charge in [0.1, 0.15) is 5.82 Å². The Kier molecular flexibility index (Phi) is 1.30.